The number of aryl methyl sites for hydroxylation is 1. The molecular formula is C18H20FN3O2S. The van der Waals surface area contributed by atoms with E-state index in [1.54, 1.807) is 18.2 Å². The smallest absolute Gasteiger partial charge is 0.279 e. The molecule has 1 heterocycles. The number of benzene rings is 2. The molecule has 2 N–H and O–H groups in total. The van der Waals surface area contributed by atoms with Crippen LogP contribution in [0, 0.1) is 12.7 Å². The zero-order valence-corrected chi connectivity index (χ0v) is 15.1. The van der Waals surface area contributed by atoms with Crippen LogP contribution in [0.3, 0.4) is 0 Å². The Morgan fingerprint density at radius 2 is 1.88 bits per heavy atom. The highest BCUT2D eigenvalue weighted by atomic mass is 32.2. The Morgan fingerprint density at radius 3 is 2.56 bits per heavy atom. The first-order chi connectivity index (χ1) is 11.8. The van der Waals surface area contributed by atoms with Gasteiger partial charge in [-0.2, -0.15) is 17.4 Å². The molecule has 0 bridgehead atoms. The van der Waals surface area contributed by atoms with Gasteiger partial charge in [0, 0.05) is 37.1 Å². The number of nitrogens with one attached hydrogen (secondary N) is 2. The number of hydrogen-bond acceptors (Lipinski definition) is 2. The molecule has 7 heteroatoms. The molecular weight excluding hydrogens is 341 g/mol. The summed E-state index contributed by atoms with van der Waals surface area (Å²) in [4.78, 5) is 3.25. The number of halogens is 1. The summed E-state index contributed by atoms with van der Waals surface area (Å²) in [5.74, 6) is -0.281. The predicted octanol–water partition coefficient (Wildman–Crippen LogP) is 3.18. The van der Waals surface area contributed by atoms with Gasteiger partial charge in [-0.1, -0.05) is 18.2 Å². The number of fused-ring (bicyclic) bond motifs is 1. The van der Waals surface area contributed by atoms with E-state index in [0.717, 1.165) is 32.0 Å². The maximum Gasteiger partial charge on any atom is 0.279 e. The number of aromatic amines is 1. The molecule has 0 saturated heterocycles. The van der Waals surface area contributed by atoms with Crippen molar-refractivity contribution < 1.29 is 12.8 Å². The number of nitrogens with zero attached hydrogens (tertiary/aromatic N) is 1. The number of rotatable bonds is 5. The summed E-state index contributed by atoms with van der Waals surface area (Å²) in [6, 6.07) is 12.3. The molecule has 0 amide bonds. The van der Waals surface area contributed by atoms with Crippen LogP contribution in [-0.2, 0) is 16.8 Å². The zero-order valence-electron chi connectivity index (χ0n) is 14.3. The molecule has 5 nitrogen and oxygen atoms in total. The van der Waals surface area contributed by atoms with Gasteiger partial charge in [0.05, 0.1) is 5.69 Å². The molecule has 0 spiro atoms. The molecule has 3 rings (SSSR count). The standard InChI is InChI=1S/C18H20FN3O2S/c1-12-15-10-13(11-20-25(23,24)22(2)3)8-9-17(15)21-18(12)14-6-4-5-7-16(14)19/h4-10,20-21H,11H2,1-3H3. The molecule has 132 valence electrons. The molecule has 0 radical (unpaired) electrons. The number of aromatic nitrogens is 1. The molecule has 3 aromatic rings. The lowest BCUT2D eigenvalue weighted by molar-refractivity contribution is 0.505. The fourth-order valence-corrected chi connectivity index (χ4v) is 3.33. The van der Waals surface area contributed by atoms with Crippen molar-refractivity contribution in [2.45, 2.75) is 13.5 Å². The van der Waals surface area contributed by atoms with Crippen molar-refractivity contribution in [3.05, 3.63) is 59.4 Å². The Kier molecular flexibility index (Phi) is 4.64. The van der Waals surface area contributed by atoms with Crippen LogP contribution < -0.4 is 4.72 Å². The molecule has 1 aromatic heterocycles. The van der Waals surface area contributed by atoms with E-state index in [1.165, 1.54) is 20.2 Å². The molecule has 0 atom stereocenters. The molecule has 0 unspecified atom stereocenters. The van der Waals surface area contributed by atoms with Gasteiger partial charge in [0.2, 0.25) is 0 Å². The van der Waals surface area contributed by atoms with Gasteiger partial charge in [-0.25, -0.2) is 4.39 Å². The normalized spacial score (nSPS) is 12.2. The van der Waals surface area contributed by atoms with Crippen molar-refractivity contribution in [1.29, 1.82) is 0 Å². The lowest BCUT2D eigenvalue weighted by atomic mass is 10.0. The number of H-pyrrole nitrogens is 1. The topological polar surface area (TPSA) is 65.2 Å². The van der Waals surface area contributed by atoms with Crippen molar-refractivity contribution in [3.63, 3.8) is 0 Å². The monoisotopic (exact) mass is 361 g/mol. The summed E-state index contributed by atoms with van der Waals surface area (Å²) in [5, 5.41) is 0.944. The Morgan fingerprint density at radius 1 is 1.16 bits per heavy atom. The Balaban J connectivity index is 1.97. The number of hydrogen-bond donors (Lipinski definition) is 2. The van der Waals surface area contributed by atoms with Crippen molar-refractivity contribution in [2.75, 3.05) is 14.1 Å². The second-order valence-electron chi connectivity index (χ2n) is 6.09. The summed E-state index contributed by atoms with van der Waals surface area (Å²) in [6.45, 7) is 2.12. The van der Waals surface area contributed by atoms with Crippen LogP contribution in [0.15, 0.2) is 42.5 Å². The van der Waals surface area contributed by atoms with Crippen molar-refractivity contribution in [2.24, 2.45) is 0 Å². The van der Waals surface area contributed by atoms with Gasteiger partial charge >= 0.3 is 0 Å². The maximum absolute atomic E-state index is 14.1. The molecule has 0 aliphatic rings. The zero-order chi connectivity index (χ0) is 18.2. The summed E-state index contributed by atoms with van der Waals surface area (Å²) in [7, 11) is -0.528. The average Bonchev–Trinajstić information content (AvgIpc) is 2.90. The second-order valence-corrected chi connectivity index (χ2v) is 8.06. The van der Waals surface area contributed by atoms with Crippen molar-refractivity contribution in [1.82, 2.24) is 14.0 Å². The van der Waals surface area contributed by atoms with Crippen LogP contribution in [0.4, 0.5) is 4.39 Å². The summed E-state index contributed by atoms with van der Waals surface area (Å²) in [6.07, 6.45) is 0. The van der Waals surface area contributed by atoms with E-state index in [1.807, 2.05) is 25.1 Å². The predicted molar refractivity (Wildman–Crippen MR) is 97.9 cm³/mol. The minimum absolute atomic E-state index is 0.191. The highest BCUT2D eigenvalue weighted by Crippen LogP contribution is 2.31. The van der Waals surface area contributed by atoms with Crippen LogP contribution in [-0.4, -0.2) is 31.8 Å². The third-order valence-electron chi connectivity index (χ3n) is 4.21. The van der Waals surface area contributed by atoms with Crippen LogP contribution in [0.1, 0.15) is 11.1 Å². The fourth-order valence-electron chi connectivity index (χ4n) is 2.72. The Labute approximate surface area is 146 Å². The van der Waals surface area contributed by atoms with Crippen molar-refractivity contribution >= 4 is 21.1 Å². The molecule has 0 saturated carbocycles. The molecule has 25 heavy (non-hydrogen) atoms. The minimum atomic E-state index is -3.48. The van der Waals surface area contributed by atoms with Crippen LogP contribution >= 0.6 is 0 Å². The molecule has 0 aliphatic carbocycles. The Hall–Kier alpha value is -2.22. The lowest BCUT2D eigenvalue weighted by Crippen LogP contribution is -2.35. The molecule has 2 aromatic carbocycles. The van der Waals surface area contributed by atoms with E-state index in [0.29, 0.717) is 5.56 Å². The van der Waals surface area contributed by atoms with Crippen molar-refractivity contribution in [3.8, 4) is 11.3 Å². The first kappa shape index (κ1) is 17.6. The van der Waals surface area contributed by atoms with Gasteiger partial charge in [0.25, 0.3) is 10.2 Å². The van der Waals surface area contributed by atoms with E-state index in [4.69, 9.17) is 0 Å². The van der Waals surface area contributed by atoms with E-state index < -0.39 is 10.2 Å². The second kappa shape index (κ2) is 6.59. The van der Waals surface area contributed by atoms with Gasteiger partial charge in [0.1, 0.15) is 5.82 Å². The van der Waals surface area contributed by atoms with Crippen LogP contribution in [0.2, 0.25) is 0 Å². The van der Waals surface area contributed by atoms with Crippen LogP contribution in [0.25, 0.3) is 22.2 Å². The summed E-state index contributed by atoms with van der Waals surface area (Å²) < 4.78 is 41.4. The maximum atomic E-state index is 14.1. The fraction of sp³-hybridized carbons (Fsp3) is 0.222. The highest BCUT2D eigenvalue weighted by Gasteiger charge is 2.15. The molecule has 0 aliphatic heterocycles. The third kappa shape index (κ3) is 3.44. The van der Waals surface area contributed by atoms with E-state index in [9.17, 15) is 12.8 Å². The quantitative estimate of drug-likeness (QED) is 0.733. The first-order valence-electron chi connectivity index (χ1n) is 7.83. The largest absolute Gasteiger partial charge is 0.354 e. The lowest BCUT2D eigenvalue weighted by Gasteiger charge is -2.12. The minimum Gasteiger partial charge on any atom is -0.354 e. The summed E-state index contributed by atoms with van der Waals surface area (Å²) >= 11 is 0. The first-order valence-corrected chi connectivity index (χ1v) is 9.27. The average molecular weight is 361 g/mol. The van der Waals surface area contributed by atoms with Gasteiger partial charge in [-0.3, -0.25) is 0 Å². The Bertz CT molecular complexity index is 1030. The summed E-state index contributed by atoms with van der Waals surface area (Å²) in [5.41, 5.74) is 3.90. The van der Waals surface area contributed by atoms with Gasteiger partial charge < -0.3 is 4.98 Å². The van der Waals surface area contributed by atoms with E-state index in [2.05, 4.69) is 9.71 Å². The third-order valence-corrected chi connectivity index (χ3v) is 5.68. The van der Waals surface area contributed by atoms with E-state index in [-0.39, 0.29) is 12.4 Å². The van der Waals surface area contributed by atoms with Crippen LogP contribution in [0.5, 0.6) is 0 Å². The van der Waals surface area contributed by atoms with Gasteiger partial charge in [0.15, 0.2) is 0 Å². The van der Waals surface area contributed by atoms with E-state index >= 15 is 0 Å². The van der Waals surface area contributed by atoms with Gasteiger partial charge in [-0.05, 0) is 42.3 Å². The van der Waals surface area contributed by atoms with Gasteiger partial charge in [-0.15, -0.1) is 0 Å². The molecule has 0 fully saturated rings. The highest BCUT2D eigenvalue weighted by molar-refractivity contribution is 7.87. The SMILES string of the molecule is Cc1c(-c2ccccc2F)[nH]c2ccc(CNS(=O)(=O)N(C)C)cc12.